The maximum atomic E-state index is 11.4. The van der Waals surface area contributed by atoms with Crippen LogP contribution in [0.2, 0.25) is 0 Å². The fourth-order valence-corrected chi connectivity index (χ4v) is 1.66. The monoisotopic (exact) mass is 321 g/mol. The van der Waals surface area contributed by atoms with Crippen molar-refractivity contribution >= 4 is 11.8 Å². The molecule has 0 atom stereocenters. The van der Waals surface area contributed by atoms with Crippen molar-refractivity contribution in [1.82, 2.24) is 10.3 Å². The second-order valence-electron chi connectivity index (χ2n) is 5.74. The van der Waals surface area contributed by atoms with E-state index in [1.807, 2.05) is 0 Å². The van der Waals surface area contributed by atoms with Crippen molar-refractivity contribution in [2.24, 2.45) is 0 Å². The number of H-pyrrole nitrogens is 1. The normalized spacial score (nSPS) is 10.4. The molecule has 0 unspecified atom stereocenters. The lowest BCUT2D eigenvalue weighted by Crippen LogP contribution is -2.32. The summed E-state index contributed by atoms with van der Waals surface area (Å²) in [5.41, 5.74) is -1.25. The van der Waals surface area contributed by atoms with Gasteiger partial charge in [-0.15, -0.1) is 0 Å². The number of aromatic amines is 1. The van der Waals surface area contributed by atoms with Crippen LogP contribution in [0.4, 0.5) is 10.5 Å². The van der Waals surface area contributed by atoms with E-state index in [0.717, 1.165) is 0 Å². The molecule has 0 saturated carbocycles. The minimum absolute atomic E-state index is 0.214. The van der Waals surface area contributed by atoms with Gasteiger partial charge in [0.25, 0.3) is 0 Å². The molecule has 1 aromatic rings. The zero-order valence-corrected chi connectivity index (χ0v) is 13.5. The highest BCUT2D eigenvalue weighted by Gasteiger charge is 2.18. The summed E-state index contributed by atoms with van der Waals surface area (Å²) >= 11 is 0. The Kier molecular flexibility index (Phi) is 5.90. The molecule has 1 amide bonds. The quantitative estimate of drug-likeness (QED) is 0.382. The lowest BCUT2D eigenvalue weighted by molar-refractivity contribution is -0.386. The molecule has 0 aliphatic carbocycles. The van der Waals surface area contributed by atoms with Crippen molar-refractivity contribution < 1.29 is 14.5 Å². The summed E-state index contributed by atoms with van der Waals surface area (Å²) in [5, 5.41) is 13.4. The number of carbonyl (C=O) groups is 1. The number of hydrogen-bond donors (Lipinski definition) is 2. The van der Waals surface area contributed by atoms with Gasteiger partial charge in [-0.3, -0.25) is 14.9 Å². The highest BCUT2D eigenvalue weighted by molar-refractivity contribution is 5.67. The molecule has 1 aromatic heterocycles. The summed E-state index contributed by atoms with van der Waals surface area (Å²) in [6.07, 6.45) is 1.14. The van der Waals surface area contributed by atoms with Crippen LogP contribution in [0, 0.1) is 28.9 Å². The Bertz CT molecular complexity index is 719. The number of nitrogens with zero attached hydrogens (tertiary/aromatic N) is 1. The third-order valence-corrected chi connectivity index (χ3v) is 2.65. The van der Waals surface area contributed by atoms with Gasteiger partial charge in [0, 0.05) is 24.7 Å². The molecule has 0 aliphatic rings. The smallest absolute Gasteiger partial charge is 0.407 e. The maximum absolute atomic E-state index is 11.4. The van der Waals surface area contributed by atoms with Gasteiger partial charge in [0.1, 0.15) is 5.60 Å². The molecular weight excluding hydrogens is 302 g/mol. The highest BCUT2D eigenvalue weighted by Crippen LogP contribution is 2.14. The van der Waals surface area contributed by atoms with E-state index < -0.39 is 27.9 Å². The largest absolute Gasteiger partial charge is 0.444 e. The molecule has 1 rings (SSSR count). The number of rotatable bonds is 3. The number of hydrogen-bond acceptors (Lipinski definition) is 5. The van der Waals surface area contributed by atoms with Crippen LogP contribution in [-0.4, -0.2) is 28.1 Å². The second kappa shape index (κ2) is 7.45. The van der Waals surface area contributed by atoms with E-state index in [-0.39, 0.29) is 12.1 Å². The van der Waals surface area contributed by atoms with Crippen molar-refractivity contribution in [3.05, 3.63) is 37.8 Å². The lowest BCUT2D eigenvalue weighted by Gasteiger charge is -2.19. The third kappa shape index (κ3) is 5.82. The molecule has 23 heavy (non-hydrogen) atoms. The fourth-order valence-electron chi connectivity index (χ4n) is 1.66. The number of pyridine rings is 1. The average molecular weight is 321 g/mol. The Morgan fingerprint density at radius 1 is 1.48 bits per heavy atom. The van der Waals surface area contributed by atoms with E-state index in [1.165, 1.54) is 13.1 Å². The molecule has 0 radical (unpaired) electrons. The van der Waals surface area contributed by atoms with Crippen LogP contribution in [0.3, 0.4) is 0 Å². The number of alkyl carbamates (subject to hydrolysis) is 1. The Labute approximate surface area is 133 Å². The predicted octanol–water partition coefficient (Wildman–Crippen LogP) is 1.86. The van der Waals surface area contributed by atoms with Gasteiger partial charge in [-0.25, -0.2) is 4.79 Å². The average Bonchev–Trinajstić information content (AvgIpc) is 2.38. The van der Waals surface area contributed by atoms with Crippen LogP contribution < -0.4 is 10.9 Å². The summed E-state index contributed by atoms with van der Waals surface area (Å²) in [7, 11) is 0. The molecule has 2 N–H and O–H groups in total. The molecule has 0 aromatic carbocycles. The number of nitro groups is 1. The van der Waals surface area contributed by atoms with E-state index >= 15 is 0 Å². The topological polar surface area (TPSA) is 114 Å². The number of aromatic nitrogens is 1. The highest BCUT2D eigenvalue weighted by atomic mass is 16.6. The zero-order chi connectivity index (χ0) is 17.6. The van der Waals surface area contributed by atoms with Gasteiger partial charge in [0.05, 0.1) is 10.5 Å². The van der Waals surface area contributed by atoms with Gasteiger partial charge < -0.3 is 15.0 Å². The Hall–Kier alpha value is -2.82. The van der Waals surface area contributed by atoms with Gasteiger partial charge in [0.15, 0.2) is 0 Å². The van der Waals surface area contributed by atoms with E-state index in [0.29, 0.717) is 12.0 Å². The van der Waals surface area contributed by atoms with Crippen molar-refractivity contribution in [2.45, 2.75) is 39.7 Å². The molecule has 0 fully saturated rings. The van der Waals surface area contributed by atoms with Crippen LogP contribution in [0.1, 0.15) is 38.3 Å². The summed E-state index contributed by atoms with van der Waals surface area (Å²) in [6.45, 7) is 7.04. The first-order valence-electron chi connectivity index (χ1n) is 6.94. The molecule has 8 heteroatoms. The first kappa shape index (κ1) is 18.2. The summed E-state index contributed by atoms with van der Waals surface area (Å²) in [6, 6.07) is 0. The Balaban J connectivity index is 2.65. The summed E-state index contributed by atoms with van der Waals surface area (Å²) < 4.78 is 5.06. The standard InChI is InChI=1S/C15H19N3O5/c1-10-11(9-17-13(19)12(10)18(21)22)7-5-6-8-16-14(20)23-15(2,3)4/h9H,6,8H2,1-4H3,(H,16,20)(H,17,19). The van der Waals surface area contributed by atoms with Crippen molar-refractivity contribution in [2.75, 3.05) is 6.54 Å². The molecule has 0 bridgehead atoms. The van der Waals surface area contributed by atoms with Gasteiger partial charge >= 0.3 is 17.3 Å². The number of ether oxygens (including phenoxy) is 1. The van der Waals surface area contributed by atoms with Gasteiger partial charge in [0.2, 0.25) is 0 Å². The van der Waals surface area contributed by atoms with Crippen molar-refractivity contribution in [3.63, 3.8) is 0 Å². The van der Waals surface area contributed by atoms with E-state index in [4.69, 9.17) is 4.74 Å². The number of nitrogens with one attached hydrogen (secondary N) is 2. The van der Waals surface area contributed by atoms with Crippen LogP contribution in [0.15, 0.2) is 11.0 Å². The van der Waals surface area contributed by atoms with E-state index in [9.17, 15) is 19.7 Å². The Morgan fingerprint density at radius 3 is 2.70 bits per heavy atom. The zero-order valence-electron chi connectivity index (χ0n) is 13.5. The molecule has 124 valence electrons. The molecule has 8 nitrogen and oxygen atoms in total. The first-order chi connectivity index (χ1) is 10.6. The first-order valence-corrected chi connectivity index (χ1v) is 6.94. The van der Waals surface area contributed by atoms with Crippen molar-refractivity contribution in [3.8, 4) is 11.8 Å². The molecular formula is C15H19N3O5. The minimum Gasteiger partial charge on any atom is -0.444 e. The molecule has 1 heterocycles. The molecule has 0 spiro atoms. The number of amides is 1. The van der Waals surface area contributed by atoms with E-state index in [2.05, 4.69) is 22.1 Å². The predicted molar refractivity (Wildman–Crippen MR) is 84.2 cm³/mol. The minimum atomic E-state index is -0.760. The lowest BCUT2D eigenvalue weighted by atomic mass is 10.1. The molecule has 0 aliphatic heterocycles. The van der Waals surface area contributed by atoms with Crippen molar-refractivity contribution in [1.29, 1.82) is 0 Å². The fraction of sp³-hybridized carbons (Fsp3) is 0.467. The van der Waals surface area contributed by atoms with Crippen LogP contribution >= 0.6 is 0 Å². The van der Waals surface area contributed by atoms with Gasteiger partial charge in [-0.05, 0) is 27.7 Å². The van der Waals surface area contributed by atoms with Crippen LogP contribution in [0.5, 0.6) is 0 Å². The number of carbonyl (C=O) groups excluding carboxylic acids is 1. The second-order valence-corrected chi connectivity index (χ2v) is 5.74. The van der Waals surface area contributed by atoms with Gasteiger partial charge in [-0.1, -0.05) is 11.8 Å². The summed E-state index contributed by atoms with van der Waals surface area (Å²) in [5.74, 6) is 5.52. The van der Waals surface area contributed by atoms with Gasteiger partial charge in [-0.2, -0.15) is 0 Å². The van der Waals surface area contributed by atoms with E-state index in [1.54, 1.807) is 20.8 Å². The Morgan fingerprint density at radius 2 is 2.13 bits per heavy atom. The maximum Gasteiger partial charge on any atom is 0.407 e. The third-order valence-electron chi connectivity index (χ3n) is 2.65. The van der Waals surface area contributed by atoms with Crippen LogP contribution in [-0.2, 0) is 4.74 Å². The summed E-state index contributed by atoms with van der Waals surface area (Å²) in [4.78, 5) is 35.2. The van der Waals surface area contributed by atoms with Crippen LogP contribution in [0.25, 0.3) is 0 Å². The molecule has 0 saturated heterocycles. The SMILES string of the molecule is Cc1c(C#CCCNC(=O)OC(C)(C)C)c[nH]c(=O)c1[N+](=O)[O-].